The molecular weight excluding hydrogens is 320 g/mol. The molecule has 7 nitrogen and oxygen atoms in total. The number of amides is 2. The maximum Gasteiger partial charge on any atom is 0.265 e. The summed E-state index contributed by atoms with van der Waals surface area (Å²) in [5.41, 5.74) is 1.04. The highest BCUT2D eigenvalue weighted by atomic mass is 32.2. The first kappa shape index (κ1) is 15.8. The maximum absolute atomic E-state index is 12.0. The third-order valence-electron chi connectivity index (χ3n) is 3.99. The van der Waals surface area contributed by atoms with Crippen LogP contribution in [0.5, 0.6) is 5.75 Å². The maximum atomic E-state index is 12.0. The van der Waals surface area contributed by atoms with Gasteiger partial charge in [0.1, 0.15) is 5.75 Å². The Kier molecular flexibility index (Phi) is 4.01. The average molecular weight is 338 g/mol. The molecule has 2 aliphatic heterocycles. The van der Waals surface area contributed by atoms with E-state index in [-0.39, 0.29) is 35.7 Å². The zero-order valence-electron chi connectivity index (χ0n) is 12.7. The van der Waals surface area contributed by atoms with E-state index in [1.807, 2.05) is 0 Å². The molecule has 3 rings (SSSR count). The Bertz CT molecular complexity index is 759. The Morgan fingerprint density at radius 1 is 1.43 bits per heavy atom. The van der Waals surface area contributed by atoms with Gasteiger partial charge in [0.15, 0.2) is 15.9 Å². The second kappa shape index (κ2) is 5.84. The lowest BCUT2D eigenvalue weighted by Crippen LogP contribution is -2.34. The molecule has 124 valence electrons. The molecule has 1 saturated heterocycles. The molecule has 0 saturated carbocycles. The van der Waals surface area contributed by atoms with Gasteiger partial charge in [0.25, 0.3) is 5.91 Å². The van der Waals surface area contributed by atoms with Crippen molar-refractivity contribution in [1.29, 1.82) is 0 Å². The number of rotatable bonds is 3. The Balaban J connectivity index is 1.63. The minimum Gasteiger partial charge on any atom is -0.479 e. The number of carbonyl (C=O) groups is 2. The van der Waals surface area contributed by atoms with Gasteiger partial charge < -0.3 is 15.4 Å². The molecule has 8 heteroatoms. The van der Waals surface area contributed by atoms with Crippen LogP contribution in [-0.4, -0.2) is 37.8 Å². The predicted octanol–water partition coefficient (Wildman–Crippen LogP) is 1.17. The molecular formula is C15H18N2O5S. The first-order chi connectivity index (χ1) is 10.8. The molecule has 2 N–H and O–H groups in total. The van der Waals surface area contributed by atoms with Crippen molar-refractivity contribution in [1.82, 2.24) is 0 Å². The predicted molar refractivity (Wildman–Crippen MR) is 85.2 cm³/mol. The van der Waals surface area contributed by atoms with E-state index in [0.717, 1.165) is 0 Å². The highest BCUT2D eigenvalue weighted by Gasteiger charge is 2.29. The van der Waals surface area contributed by atoms with Crippen molar-refractivity contribution >= 4 is 33.0 Å². The Labute approximate surface area is 134 Å². The Hall–Kier alpha value is -2.09. The summed E-state index contributed by atoms with van der Waals surface area (Å²) < 4.78 is 28.3. The van der Waals surface area contributed by atoms with Crippen LogP contribution in [0.15, 0.2) is 18.2 Å². The van der Waals surface area contributed by atoms with Crippen molar-refractivity contribution < 1.29 is 22.7 Å². The fraction of sp³-hybridized carbons (Fsp3) is 0.467. The van der Waals surface area contributed by atoms with Crippen LogP contribution >= 0.6 is 0 Å². The number of anilines is 2. The van der Waals surface area contributed by atoms with Gasteiger partial charge in [0.2, 0.25) is 5.91 Å². The number of sulfone groups is 1. The van der Waals surface area contributed by atoms with Crippen LogP contribution < -0.4 is 15.4 Å². The van der Waals surface area contributed by atoms with Crippen LogP contribution in [0.4, 0.5) is 11.4 Å². The second-order valence-electron chi connectivity index (χ2n) is 5.98. The van der Waals surface area contributed by atoms with Crippen LogP contribution in [0.2, 0.25) is 0 Å². The van der Waals surface area contributed by atoms with Gasteiger partial charge in [-0.15, -0.1) is 0 Å². The van der Waals surface area contributed by atoms with Crippen molar-refractivity contribution in [2.45, 2.75) is 25.9 Å². The quantitative estimate of drug-likeness (QED) is 0.861. The molecule has 2 atom stereocenters. The van der Waals surface area contributed by atoms with Crippen molar-refractivity contribution in [3.8, 4) is 5.75 Å². The van der Waals surface area contributed by atoms with Crippen LogP contribution in [0, 0.1) is 5.92 Å². The number of benzene rings is 1. The number of nitrogens with one attached hydrogen (secondary N) is 2. The summed E-state index contributed by atoms with van der Waals surface area (Å²) in [5, 5.41) is 5.44. The largest absolute Gasteiger partial charge is 0.479 e. The van der Waals surface area contributed by atoms with Gasteiger partial charge in [0, 0.05) is 12.1 Å². The molecule has 2 aliphatic rings. The molecule has 23 heavy (non-hydrogen) atoms. The van der Waals surface area contributed by atoms with Gasteiger partial charge in [-0.05, 0) is 37.5 Å². The van der Waals surface area contributed by atoms with Crippen LogP contribution in [-0.2, 0) is 19.4 Å². The number of fused-ring (bicyclic) bond motifs is 1. The van der Waals surface area contributed by atoms with Gasteiger partial charge in [-0.1, -0.05) is 0 Å². The van der Waals surface area contributed by atoms with Gasteiger partial charge >= 0.3 is 0 Å². The molecule has 2 amide bonds. The standard InChI is InChI=1S/C15H18N2O5S/c1-9-15(19)17-12-7-11(2-3-13(12)22-9)16-14(18)6-10-4-5-23(20,21)8-10/h2-3,7,9-10H,4-6,8H2,1H3,(H,16,18)(H,17,19)/t9-,10-/m0/s1. The van der Waals surface area contributed by atoms with Gasteiger partial charge in [-0.25, -0.2) is 8.42 Å². The summed E-state index contributed by atoms with van der Waals surface area (Å²) in [7, 11) is -2.98. The lowest BCUT2D eigenvalue weighted by atomic mass is 10.0. The van der Waals surface area contributed by atoms with Gasteiger partial charge in [0.05, 0.1) is 17.2 Å². The lowest BCUT2D eigenvalue weighted by molar-refractivity contribution is -0.122. The fourth-order valence-electron chi connectivity index (χ4n) is 2.79. The van der Waals surface area contributed by atoms with Crippen molar-refractivity contribution in [3.63, 3.8) is 0 Å². The summed E-state index contributed by atoms with van der Waals surface area (Å²) in [6.07, 6.45) is 0.157. The third kappa shape index (κ3) is 3.64. The monoisotopic (exact) mass is 338 g/mol. The second-order valence-corrected chi connectivity index (χ2v) is 8.21. The minimum atomic E-state index is -2.98. The van der Waals surface area contributed by atoms with Crippen LogP contribution in [0.25, 0.3) is 0 Å². The SMILES string of the molecule is C[C@@H]1Oc2ccc(NC(=O)C[C@@H]3CCS(=O)(=O)C3)cc2NC1=O. The zero-order valence-corrected chi connectivity index (χ0v) is 13.5. The van der Waals surface area contributed by atoms with E-state index < -0.39 is 15.9 Å². The summed E-state index contributed by atoms with van der Waals surface area (Å²) >= 11 is 0. The molecule has 0 unspecified atom stereocenters. The molecule has 0 aromatic heterocycles. The zero-order chi connectivity index (χ0) is 16.6. The van der Waals surface area contributed by atoms with E-state index in [1.165, 1.54) is 0 Å². The smallest absolute Gasteiger partial charge is 0.265 e. The van der Waals surface area contributed by atoms with Crippen LogP contribution in [0.3, 0.4) is 0 Å². The van der Waals surface area contributed by atoms with E-state index in [4.69, 9.17) is 4.74 Å². The first-order valence-corrected chi connectivity index (χ1v) is 9.26. The summed E-state index contributed by atoms with van der Waals surface area (Å²) in [4.78, 5) is 23.6. The Morgan fingerprint density at radius 2 is 2.22 bits per heavy atom. The number of carbonyl (C=O) groups excluding carboxylic acids is 2. The molecule has 2 heterocycles. The van der Waals surface area contributed by atoms with Crippen molar-refractivity contribution in [2.75, 3.05) is 22.1 Å². The topological polar surface area (TPSA) is 102 Å². The Morgan fingerprint density at radius 3 is 2.91 bits per heavy atom. The highest BCUT2D eigenvalue weighted by Crippen LogP contribution is 2.32. The fourth-order valence-corrected chi connectivity index (χ4v) is 4.66. The molecule has 1 fully saturated rings. The van der Waals surface area contributed by atoms with Crippen molar-refractivity contribution in [2.24, 2.45) is 5.92 Å². The lowest BCUT2D eigenvalue weighted by Gasteiger charge is -2.23. The van der Waals surface area contributed by atoms with E-state index in [1.54, 1.807) is 25.1 Å². The molecule has 1 aromatic rings. The number of hydrogen-bond acceptors (Lipinski definition) is 5. The molecule has 0 aliphatic carbocycles. The van der Waals surface area contributed by atoms with E-state index >= 15 is 0 Å². The highest BCUT2D eigenvalue weighted by molar-refractivity contribution is 7.91. The molecule has 0 spiro atoms. The average Bonchev–Trinajstić information content (AvgIpc) is 2.79. The van der Waals surface area contributed by atoms with E-state index in [2.05, 4.69) is 10.6 Å². The van der Waals surface area contributed by atoms with Gasteiger partial charge in [-0.3, -0.25) is 9.59 Å². The van der Waals surface area contributed by atoms with E-state index in [0.29, 0.717) is 23.5 Å². The van der Waals surface area contributed by atoms with Crippen molar-refractivity contribution in [3.05, 3.63) is 18.2 Å². The summed E-state index contributed by atoms with van der Waals surface area (Å²) in [6.45, 7) is 1.66. The van der Waals surface area contributed by atoms with E-state index in [9.17, 15) is 18.0 Å². The van der Waals surface area contributed by atoms with Crippen LogP contribution in [0.1, 0.15) is 19.8 Å². The number of hydrogen-bond donors (Lipinski definition) is 2. The number of ether oxygens (including phenoxy) is 1. The summed E-state index contributed by atoms with van der Waals surface area (Å²) in [6, 6.07) is 5.00. The normalized spacial score (nSPS) is 25.2. The molecule has 0 radical (unpaired) electrons. The van der Waals surface area contributed by atoms with Gasteiger partial charge in [-0.2, -0.15) is 0 Å². The summed E-state index contributed by atoms with van der Waals surface area (Å²) in [5.74, 6) is 0.191. The molecule has 1 aromatic carbocycles. The first-order valence-electron chi connectivity index (χ1n) is 7.44. The minimum absolute atomic E-state index is 0.0758. The molecule has 0 bridgehead atoms. The third-order valence-corrected chi connectivity index (χ3v) is 5.83.